The van der Waals surface area contributed by atoms with E-state index < -0.39 is 0 Å². The highest BCUT2D eigenvalue weighted by Gasteiger charge is 2.34. The number of rotatable bonds is 4. The molecular formula is C19H29N5O2. The molecule has 0 radical (unpaired) electrons. The van der Waals surface area contributed by atoms with Gasteiger partial charge < -0.3 is 14.5 Å². The summed E-state index contributed by atoms with van der Waals surface area (Å²) in [6, 6.07) is -0.00475. The number of hydrogen-bond acceptors (Lipinski definition) is 6. The normalized spacial score (nSPS) is 24.8. The van der Waals surface area contributed by atoms with Crippen molar-refractivity contribution in [3.63, 3.8) is 0 Å². The Labute approximate surface area is 155 Å². The van der Waals surface area contributed by atoms with Crippen LogP contribution < -0.4 is 4.90 Å². The van der Waals surface area contributed by atoms with Gasteiger partial charge in [-0.2, -0.15) is 0 Å². The van der Waals surface area contributed by atoms with Crippen molar-refractivity contribution in [2.45, 2.75) is 44.7 Å². The van der Waals surface area contributed by atoms with Gasteiger partial charge in [-0.1, -0.05) is 0 Å². The van der Waals surface area contributed by atoms with Gasteiger partial charge in [0, 0.05) is 50.7 Å². The molecule has 4 rings (SSSR count). The van der Waals surface area contributed by atoms with Crippen molar-refractivity contribution in [3.8, 4) is 0 Å². The Kier molecular flexibility index (Phi) is 5.65. The van der Waals surface area contributed by atoms with Crippen molar-refractivity contribution in [2.24, 2.45) is 0 Å². The second-order valence-electron chi connectivity index (χ2n) is 7.51. The molecule has 1 atom stereocenters. The maximum absolute atomic E-state index is 12.9. The van der Waals surface area contributed by atoms with E-state index in [-0.39, 0.29) is 11.9 Å². The summed E-state index contributed by atoms with van der Waals surface area (Å²) in [5.41, 5.74) is 1.09. The Morgan fingerprint density at radius 2 is 1.73 bits per heavy atom. The van der Waals surface area contributed by atoms with Crippen molar-refractivity contribution in [1.29, 1.82) is 0 Å². The second kappa shape index (κ2) is 8.31. The van der Waals surface area contributed by atoms with Crippen LogP contribution in [0, 0.1) is 0 Å². The summed E-state index contributed by atoms with van der Waals surface area (Å²) in [5, 5.41) is 0. The highest BCUT2D eigenvalue weighted by atomic mass is 16.5. The molecule has 3 aliphatic heterocycles. The van der Waals surface area contributed by atoms with Crippen LogP contribution in [0.15, 0.2) is 12.4 Å². The molecular weight excluding hydrogens is 330 g/mol. The standard InChI is InChI=1S/C19H29N5O2/c25-18(22-9-11-26-12-10-22)17-5-4-8-24(17)15-16-13-20-19(21-14-16)23-6-2-1-3-7-23/h13-14,17H,1-12,15H2. The van der Waals surface area contributed by atoms with E-state index in [1.165, 1.54) is 19.3 Å². The fourth-order valence-electron chi connectivity index (χ4n) is 4.21. The Balaban J connectivity index is 1.37. The van der Waals surface area contributed by atoms with Gasteiger partial charge in [-0.15, -0.1) is 0 Å². The Morgan fingerprint density at radius 1 is 1.00 bits per heavy atom. The maximum Gasteiger partial charge on any atom is 0.240 e. The lowest BCUT2D eigenvalue weighted by Crippen LogP contribution is -2.49. The molecule has 0 saturated carbocycles. The molecule has 1 amide bonds. The van der Waals surface area contributed by atoms with E-state index in [4.69, 9.17) is 4.74 Å². The number of morpholine rings is 1. The number of likely N-dealkylation sites (tertiary alicyclic amines) is 1. The molecule has 3 saturated heterocycles. The molecule has 7 heteroatoms. The number of nitrogens with zero attached hydrogens (tertiary/aromatic N) is 5. The smallest absolute Gasteiger partial charge is 0.240 e. The molecule has 7 nitrogen and oxygen atoms in total. The highest BCUT2D eigenvalue weighted by Crippen LogP contribution is 2.23. The summed E-state index contributed by atoms with van der Waals surface area (Å²) >= 11 is 0. The van der Waals surface area contributed by atoms with Gasteiger partial charge in [0.15, 0.2) is 0 Å². The molecule has 1 aromatic heterocycles. The lowest BCUT2D eigenvalue weighted by molar-refractivity contribution is -0.140. The third kappa shape index (κ3) is 3.99. The van der Waals surface area contributed by atoms with Crippen LogP contribution in [0.5, 0.6) is 0 Å². The number of amides is 1. The number of aromatic nitrogens is 2. The van der Waals surface area contributed by atoms with Crippen LogP contribution >= 0.6 is 0 Å². The van der Waals surface area contributed by atoms with Crippen LogP contribution in [0.4, 0.5) is 5.95 Å². The number of piperidine rings is 1. The monoisotopic (exact) mass is 359 g/mol. The van der Waals surface area contributed by atoms with Crippen molar-refractivity contribution >= 4 is 11.9 Å². The third-order valence-corrected chi connectivity index (χ3v) is 5.69. The maximum atomic E-state index is 12.9. The van der Waals surface area contributed by atoms with Crippen LogP contribution in [0.25, 0.3) is 0 Å². The van der Waals surface area contributed by atoms with Crippen LogP contribution in [-0.4, -0.2) is 77.7 Å². The van der Waals surface area contributed by atoms with Crippen LogP contribution in [0.2, 0.25) is 0 Å². The average molecular weight is 359 g/mol. The summed E-state index contributed by atoms with van der Waals surface area (Å²) in [4.78, 5) is 28.5. The number of anilines is 1. The van der Waals surface area contributed by atoms with Crippen molar-refractivity contribution in [3.05, 3.63) is 18.0 Å². The molecule has 4 heterocycles. The molecule has 0 aromatic carbocycles. The lowest BCUT2D eigenvalue weighted by Gasteiger charge is -2.32. The minimum atomic E-state index is -0.00475. The van der Waals surface area contributed by atoms with Crippen LogP contribution in [0.3, 0.4) is 0 Å². The third-order valence-electron chi connectivity index (χ3n) is 5.69. The first-order valence-electron chi connectivity index (χ1n) is 9.98. The Bertz CT molecular complexity index is 596. The second-order valence-corrected chi connectivity index (χ2v) is 7.51. The molecule has 0 bridgehead atoms. The molecule has 3 aliphatic rings. The molecule has 142 valence electrons. The Morgan fingerprint density at radius 3 is 2.46 bits per heavy atom. The first-order valence-corrected chi connectivity index (χ1v) is 9.98. The van der Waals surface area contributed by atoms with E-state index in [0.29, 0.717) is 13.2 Å². The molecule has 0 spiro atoms. The summed E-state index contributed by atoms with van der Waals surface area (Å²) in [6.07, 6.45) is 9.66. The van der Waals surface area contributed by atoms with E-state index in [0.717, 1.165) is 63.6 Å². The predicted octanol–water partition coefficient (Wildman–Crippen LogP) is 1.29. The van der Waals surface area contributed by atoms with Crippen LogP contribution in [-0.2, 0) is 16.1 Å². The number of hydrogen-bond donors (Lipinski definition) is 0. The van der Waals surface area contributed by atoms with Crippen molar-refractivity contribution in [2.75, 3.05) is 50.8 Å². The number of ether oxygens (including phenoxy) is 1. The average Bonchev–Trinajstić information content (AvgIpc) is 3.17. The largest absolute Gasteiger partial charge is 0.378 e. The summed E-state index contributed by atoms with van der Waals surface area (Å²) < 4.78 is 5.37. The fraction of sp³-hybridized carbons (Fsp3) is 0.737. The predicted molar refractivity (Wildman–Crippen MR) is 98.9 cm³/mol. The SMILES string of the molecule is O=C(C1CCCN1Cc1cnc(N2CCCCC2)nc1)N1CCOCC1. The van der Waals surface area contributed by atoms with Crippen molar-refractivity contribution in [1.82, 2.24) is 19.8 Å². The van der Waals surface area contributed by atoms with Gasteiger partial charge in [0.2, 0.25) is 11.9 Å². The van der Waals surface area contributed by atoms with E-state index in [2.05, 4.69) is 19.8 Å². The number of carbonyl (C=O) groups is 1. The minimum absolute atomic E-state index is 0.00475. The van der Waals surface area contributed by atoms with Gasteiger partial charge >= 0.3 is 0 Å². The lowest BCUT2D eigenvalue weighted by atomic mass is 10.1. The van der Waals surface area contributed by atoms with Gasteiger partial charge in [0.25, 0.3) is 0 Å². The topological polar surface area (TPSA) is 61.8 Å². The van der Waals surface area contributed by atoms with Gasteiger partial charge in [-0.25, -0.2) is 9.97 Å². The molecule has 0 N–H and O–H groups in total. The van der Waals surface area contributed by atoms with Crippen molar-refractivity contribution < 1.29 is 9.53 Å². The molecule has 1 unspecified atom stereocenters. The quantitative estimate of drug-likeness (QED) is 0.807. The van der Waals surface area contributed by atoms with E-state index >= 15 is 0 Å². The zero-order valence-electron chi connectivity index (χ0n) is 15.5. The summed E-state index contributed by atoms with van der Waals surface area (Å²) in [5.74, 6) is 1.10. The van der Waals surface area contributed by atoms with Gasteiger partial charge in [-0.3, -0.25) is 9.69 Å². The molecule has 26 heavy (non-hydrogen) atoms. The van der Waals surface area contributed by atoms with Crippen LogP contribution in [0.1, 0.15) is 37.7 Å². The van der Waals surface area contributed by atoms with Gasteiger partial charge in [0.05, 0.1) is 19.3 Å². The van der Waals surface area contributed by atoms with Gasteiger partial charge in [0.1, 0.15) is 0 Å². The zero-order chi connectivity index (χ0) is 17.8. The molecule has 1 aromatic rings. The highest BCUT2D eigenvalue weighted by molar-refractivity contribution is 5.82. The van der Waals surface area contributed by atoms with E-state index in [9.17, 15) is 4.79 Å². The molecule has 3 fully saturated rings. The van der Waals surface area contributed by atoms with Gasteiger partial charge in [-0.05, 0) is 38.6 Å². The summed E-state index contributed by atoms with van der Waals surface area (Å²) in [6.45, 7) is 6.58. The zero-order valence-corrected chi connectivity index (χ0v) is 15.5. The Hall–Kier alpha value is -1.73. The van der Waals surface area contributed by atoms with E-state index in [1.807, 2.05) is 17.3 Å². The number of carbonyl (C=O) groups excluding carboxylic acids is 1. The van der Waals surface area contributed by atoms with E-state index in [1.54, 1.807) is 0 Å². The minimum Gasteiger partial charge on any atom is -0.378 e. The fourth-order valence-corrected chi connectivity index (χ4v) is 4.21. The molecule has 0 aliphatic carbocycles. The first-order chi connectivity index (χ1) is 12.8. The summed E-state index contributed by atoms with van der Waals surface area (Å²) in [7, 11) is 0. The first kappa shape index (κ1) is 17.7.